The number of carbonyl (C=O) groups is 5. The molecule has 0 saturated heterocycles. The van der Waals surface area contributed by atoms with Gasteiger partial charge in [-0.3, -0.25) is 24.0 Å². The first-order chi connectivity index (χ1) is 22.6. The average Bonchev–Trinajstić information content (AvgIpc) is 2.95. The van der Waals surface area contributed by atoms with Crippen LogP contribution in [0.2, 0.25) is 0 Å². The second kappa shape index (κ2) is 16.7. The second-order valence-corrected chi connectivity index (χ2v) is 12.2. The lowest BCUT2D eigenvalue weighted by Gasteiger charge is -2.30. The highest BCUT2D eigenvalue weighted by Crippen LogP contribution is 2.48. The van der Waals surface area contributed by atoms with Crippen LogP contribution in [0, 0.1) is 0 Å². The molecule has 10 nitrogen and oxygen atoms in total. The molecule has 2 aromatic carbocycles. The number of esters is 4. The van der Waals surface area contributed by atoms with Gasteiger partial charge in [0.15, 0.2) is 23.0 Å². The van der Waals surface area contributed by atoms with Gasteiger partial charge in [-0.2, -0.15) is 0 Å². The molecule has 48 heavy (non-hydrogen) atoms. The summed E-state index contributed by atoms with van der Waals surface area (Å²) in [7, 11) is 0. The van der Waals surface area contributed by atoms with Crippen molar-refractivity contribution in [1.82, 2.24) is 0 Å². The highest BCUT2D eigenvalue weighted by molar-refractivity contribution is 6.04. The Kier molecular flexibility index (Phi) is 13.0. The van der Waals surface area contributed by atoms with Gasteiger partial charge in [-0.15, -0.1) is 0 Å². The number of allylic oxidation sites excluding steroid dienone is 6. The minimum absolute atomic E-state index is 0.0295. The topological polar surface area (TPSA) is 132 Å². The van der Waals surface area contributed by atoms with E-state index >= 15 is 0 Å². The number of benzene rings is 2. The van der Waals surface area contributed by atoms with Gasteiger partial charge in [0.05, 0.1) is 6.42 Å². The summed E-state index contributed by atoms with van der Waals surface area (Å²) in [5, 5.41) is 0. The number of carbonyl (C=O) groups excluding carboxylic acids is 5. The van der Waals surface area contributed by atoms with Gasteiger partial charge < -0.3 is 23.7 Å². The van der Waals surface area contributed by atoms with Gasteiger partial charge in [0, 0.05) is 50.5 Å². The molecule has 2 aromatic rings. The van der Waals surface area contributed by atoms with Gasteiger partial charge in [-0.1, -0.05) is 41.0 Å². The zero-order chi connectivity index (χ0) is 35.7. The Labute approximate surface area is 281 Å². The highest BCUT2D eigenvalue weighted by atomic mass is 16.6. The molecule has 0 aliphatic carbocycles. The van der Waals surface area contributed by atoms with Crippen molar-refractivity contribution in [3.05, 3.63) is 75.4 Å². The lowest BCUT2D eigenvalue weighted by atomic mass is 9.89. The molecule has 0 radical (unpaired) electrons. The van der Waals surface area contributed by atoms with Crippen LogP contribution >= 0.6 is 0 Å². The smallest absolute Gasteiger partial charge is 0.308 e. The average molecular weight is 661 g/mol. The maximum atomic E-state index is 14.0. The van der Waals surface area contributed by atoms with E-state index in [0.29, 0.717) is 16.7 Å². The molecule has 0 bridgehead atoms. The molecule has 256 valence electrons. The fourth-order valence-corrected chi connectivity index (χ4v) is 5.24. The first-order valence-corrected chi connectivity index (χ1v) is 15.8. The van der Waals surface area contributed by atoms with Crippen molar-refractivity contribution >= 4 is 29.7 Å². The Morgan fingerprint density at radius 3 is 1.85 bits per heavy atom. The van der Waals surface area contributed by atoms with Crippen molar-refractivity contribution < 1.29 is 47.7 Å². The molecule has 0 saturated carbocycles. The maximum Gasteiger partial charge on any atom is 0.308 e. The number of ketones is 1. The molecule has 10 heteroatoms. The van der Waals surface area contributed by atoms with Crippen LogP contribution in [0.25, 0.3) is 0 Å². The van der Waals surface area contributed by atoms with Gasteiger partial charge >= 0.3 is 23.9 Å². The Hall–Kier alpha value is -4.99. The zero-order valence-electron chi connectivity index (χ0n) is 29.2. The summed E-state index contributed by atoms with van der Waals surface area (Å²) < 4.78 is 28.6. The van der Waals surface area contributed by atoms with Crippen molar-refractivity contribution in [2.75, 3.05) is 0 Å². The highest BCUT2D eigenvalue weighted by Gasteiger charge is 2.36. The van der Waals surface area contributed by atoms with Gasteiger partial charge in [0.2, 0.25) is 0 Å². The molecule has 0 fully saturated rings. The van der Waals surface area contributed by atoms with E-state index in [1.807, 2.05) is 46.8 Å². The van der Waals surface area contributed by atoms with Crippen molar-refractivity contribution in [2.24, 2.45) is 0 Å². The van der Waals surface area contributed by atoms with Crippen LogP contribution in [0.15, 0.2) is 53.1 Å². The van der Waals surface area contributed by atoms with Crippen molar-refractivity contribution in [2.45, 2.75) is 101 Å². The minimum Gasteiger partial charge on any atom is -0.484 e. The van der Waals surface area contributed by atoms with Gasteiger partial charge in [-0.25, -0.2) is 0 Å². The third-order valence-electron chi connectivity index (χ3n) is 7.29. The standard InChI is InChI=1S/C38H44O10/c1-21(2)11-10-12-23(5)14-16-29-28(17-18-32(44-24(6)39)37(29)46-26(8)41)33-19-31(43)36-35(48-33)20-34(45-25(7)40)30(15-13-22(3)4)38(36)47-27(9)42/h11,13-14,17-18,20,33H,10,12,15-16,19H2,1-9H3/t33-/m0/s1. The predicted molar refractivity (Wildman–Crippen MR) is 180 cm³/mol. The molecule has 1 heterocycles. The summed E-state index contributed by atoms with van der Waals surface area (Å²) in [5.41, 5.74) is 4.69. The zero-order valence-corrected chi connectivity index (χ0v) is 29.2. The van der Waals surface area contributed by atoms with Gasteiger partial charge in [0.25, 0.3) is 0 Å². The predicted octanol–water partition coefficient (Wildman–Crippen LogP) is 7.84. The Balaban J connectivity index is 2.24. The molecular formula is C38H44O10. The molecule has 1 aliphatic heterocycles. The van der Waals surface area contributed by atoms with Crippen LogP contribution in [0.3, 0.4) is 0 Å². The van der Waals surface area contributed by atoms with Crippen molar-refractivity contribution in [3.63, 3.8) is 0 Å². The number of Topliss-reactive ketones (excluding diaryl/α,β-unsaturated/α-hetero) is 1. The summed E-state index contributed by atoms with van der Waals surface area (Å²) in [6.45, 7) is 14.8. The number of fused-ring (bicyclic) bond motifs is 1. The molecule has 0 amide bonds. The van der Waals surface area contributed by atoms with E-state index in [4.69, 9.17) is 23.7 Å². The maximum absolute atomic E-state index is 14.0. The van der Waals surface area contributed by atoms with Crippen molar-refractivity contribution in [1.29, 1.82) is 0 Å². The van der Waals surface area contributed by atoms with E-state index in [2.05, 4.69) is 6.08 Å². The number of ether oxygens (including phenoxy) is 5. The van der Waals surface area contributed by atoms with Gasteiger partial charge in [0.1, 0.15) is 23.2 Å². The summed E-state index contributed by atoms with van der Waals surface area (Å²) in [4.78, 5) is 62.6. The van der Waals surface area contributed by atoms with E-state index in [1.165, 1.54) is 45.4 Å². The second-order valence-electron chi connectivity index (χ2n) is 12.2. The number of hydrogen-bond donors (Lipinski definition) is 0. The minimum atomic E-state index is -0.890. The number of rotatable bonds is 12. The SMILES string of the molecule is CC(=O)Oc1cc2c(c(OC(C)=O)c1CC=C(C)C)C(=O)C[C@@H](c1ccc(OC(C)=O)c(OC(C)=O)c1CC=C(C)CCC=C(C)C)O2. The van der Waals surface area contributed by atoms with E-state index in [9.17, 15) is 24.0 Å². The number of hydrogen-bond acceptors (Lipinski definition) is 10. The molecule has 0 aromatic heterocycles. The third-order valence-corrected chi connectivity index (χ3v) is 7.29. The van der Waals surface area contributed by atoms with Crippen molar-refractivity contribution in [3.8, 4) is 28.7 Å². The van der Waals surface area contributed by atoms with Crippen LogP contribution in [-0.2, 0) is 32.0 Å². The largest absolute Gasteiger partial charge is 0.484 e. The first kappa shape index (κ1) is 37.5. The Morgan fingerprint density at radius 2 is 1.27 bits per heavy atom. The fraction of sp³-hybridized carbons (Fsp3) is 0.395. The van der Waals surface area contributed by atoms with Crippen LogP contribution < -0.4 is 23.7 Å². The van der Waals surface area contributed by atoms with Crippen LogP contribution in [-0.4, -0.2) is 29.7 Å². The summed E-state index contributed by atoms with van der Waals surface area (Å²) in [5.74, 6) is -2.66. The fourth-order valence-electron chi connectivity index (χ4n) is 5.24. The molecule has 0 N–H and O–H groups in total. The normalized spacial score (nSPS) is 13.8. The Bertz CT molecular complexity index is 1700. The Morgan fingerprint density at radius 1 is 0.708 bits per heavy atom. The van der Waals surface area contributed by atoms with Gasteiger partial charge in [-0.05, 0) is 66.4 Å². The molecule has 0 spiro atoms. The molecular weight excluding hydrogens is 616 g/mol. The monoisotopic (exact) mass is 660 g/mol. The molecule has 0 unspecified atom stereocenters. The molecule has 1 atom stereocenters. The van der Waals surface area contributed by atoms with E-state index in [-0.39, 0.29) is 59.4 Å². The summed E-state index contributed by atoms with van der Waals surface area (Å²) in [6, 6.07) is 4.61. The van der Waals surface area contributed by atoms with E-state index < -0.39 is 30.0 Å². The van der Waals surface area contributed by atoms with Crippen LogP contribution in [0.4, 0.5) is 0 Å². The summed E-state index contributed by atoms with van der Waals surface area (Å²) >= 11 is 0. The quantitative estimate of drug-likeness (QED) is 0.126. The first-order valence-electron chi connectivity index (χ1n) is 15.8. The van der Waals surface area contributed by atoms with E-state index in [0.717, 1.165) is 24.0 Å². The van der Waals surface area contributed by atoms with E-state index in [1.54, 1.807) is 6.07 Å². The lowest BCUT2D eigenvalue weighted by Crippen LogP contribution is -2.24. The molecule has 1 aliphatic rings. The molecule has 3 rings (SSSR count). The lowest BCUT2D eigenvalue weighted by molar-refractivity contribution is -0.134. The van der Waals surface area contributed by atoms with Crippen LogP contribution in [0.5, 0.6) is 28.7 Å². The van der Waals surface area contributed by atoms with Crippen LogP contribution in [0.1, 0.15) is 115 Å². The summed E-state index contributed by atoms with van der Waals surface area (Å²) in [6.07, 6.45) is 7.10. The third kappa shape index (κ3) is 10.3.